The molecule has 1 saturated carbocycles. The number of piperidine rings is 1. The minimum atomic E-state index is 0.349. The number of likely N-dealkylation sites (tertiary alicyclic amines) is 1. The van der Waals surface area contributed by atoms with Gasteiger partial charge in [-0.2, -0.15) is 0 Å². The molecule has 1 unspecified atom stereocenters. The smallest absolute Gasteiger partial charge is 0.225 e. The average Bonchev–Trinajstić information content (AvgIpc) is 2.89. The average molecular weight is 252 g/mol. The van der Waals surface area contributed by atoms with E-state index in [1.54, 1.807) is 0 Å². The second-order valence-corrected chi connectivity index (χ2v) is 6.34. The summed E-state index contributed by atoms with van der Waals surface area (Å²) in [5.74, 6) is 1.45. The van der Waals surface area contributed by atoms with Crippen molar-refractivity contribution in [1.82, 2.24) is 10.2 Å². The summed E-state index contributed by atoms with van der Waals surface area (Å²) in [6.45, 7) is 7.41. The minimum absolute atomic E-state index is 0.349. The van der Waals surface area contributed by atoms with E-state index in [0.717, 1.165) is 32.5 Å². The van der Waals surface area contributed by atoms with Gasteiger partial charge in [-0.05, 0) is 38.1 Å². The molecule has 18 heavy (non-hydrogen) atoms. The van der Waals surface area contributed by atoms with Gasteiger partial charge in [0.05, 0.1) is 0 Å². The van der Waals surface area contributed by atoms with Gasteiger partial charge in [-0.15, -0.1) is 0 Å². The SMILES string of the molecule is CC(C)NCC1CCCN(C(=O)C2CCCC2)C1. The van der Waals surface area contributed by atoms with Crippen LogP contribution in [-0.4, -0.2) is 36.5 Å². The van der Waals surface area contributed by atoms with E-state index in [-0.39, 0.29) is 0 Å². The van der Waals surface area contributed by atoms with Crippen molar-refractivity contribution in [2.45, 2.75) is 58.4 Å². The molecule has 2 fully saturated rings. The number of hydrogen-bond acceptors (Lipinski definition) is 2. The van der Waals surface area contributed by atoms with E-state index in [2.05, 4.69) is 24.1 Å². The van der Waals surface area contributed by atoms with Crippen molar-refractivity contribution in [3.8, 4) is 0 Å². The molecule has 3 nitrogen and oxygen atoms in total. The predicted octanol–water partition coefficient (Wildman–Crippen LogP) is 2.41. The van der Waals surface area contributed by atoms with Crippen LogP contribution in [0.5, 0.6) is 0 Å². The molecule has 0 bridgehead atoms. The van der Waals surface area contributed by atoms with Gasteiger partial charge in [-0.25, -0.2) is 0 Å². The summed E-state index contributed by atoms with van der Waals surface area (Å²) < 4.78 is 0. The molecule has 1 saturated heterocycles. The number of nitrogens with one attached hydrogen (secondary N) is 1. The van der Waals surface area contributed by atoms with Gasteiger partial charge >= 0.3 is 0 Å². The molecule has 1 N–H and O–H groups in total. The van der Waals surface area contributed by atoms with Gasteiger partial charge in [0.2, 0.25) is 5.91 Å². The van der Waals surface area contributed by atoms with Crippen LogP contribution < -0.4 is 5.32 Å². The Hall–Kier alpha value is -0.570. The molecule has 0 aromatic carbocycles. The Morgan fingerprint density at radius 3 is 2.61 bits per heavy atom. The fourth-order valence-corrected chi connectivity index (χ4v) is 3.27. The van der Waals surface area contributed by atoms with Crippen LogP contribution in [0.15, 0.2) is 0 Å². The highest BCUT2D eigenvalue weighted by Gasteiger charge is 2.30. The van der Waals surface area contributed by atoms with Gasteiger partial charge < -0.3 is 10.2 Å². The predicted molar refractivity (Wildman–Crippen MR) is 74.4 cm³/mol. The van der Waals surface area contributed by atoms with Crippen LogP contribution in [0, 0.1) is 11.8 Å². The molecule has 1 heterocycles. The van der Waals surface area contributed by atoms with E-state index in [1.165, 1.54) is 25.7 Å². The van der Waals surface area contributed by atoms with Crippen LogP contribution in [0.3, 0.4) is 0 Å². The monoisotopic (exact) mass is 252 g/mol. The zero-order valence-electron chi connectivity index (χ0n) is 12.0. The first-order valence-electron chi connectivity index (χ1n) is 7.69. The maximum absolute atomic E-state index is 12.4. The van der Waals surface area contributed by atoms with Crippen LogP contribution in [0.25, 0.3) is 0 Å². The molecule has 2 rings (SSSR count). The third-order valence-electron chi connectivity index (χ3n) is 4.35. The number of nitrogens with zero attached hydrogens (tertiary/aromatic N) is 1. The third-order valence-corrected chi connectivity index (χ3v) is 4.35. The molecule has 0 radical (unpaired) electrons. The van der Waals surface area contributed by atoms with Gasteiger partial charge in [0.15, 0.2) is 0 Å². The molecule has 0 spiro atoms. The Labute approximate surface area is 111 Å². The van der Waals surface area contributed by atoms with Gasteiger partial charge in [-0.1, -0.05) is 26.7 Å². The van der Waals surface area contributed by atoms with Crippen LogP contribution in [0.4, 0.5) is 0 Å². The standard InChI is InChI=1S/C15H28N2O/c1-12(2)16-10-13-6-5-9-17(11-13)15(18)14-7-3-4-8-14/h12-14,16H,3-11H2,1-2H3. The summed E-state index contributed by atoms with van der Waals surface area (Å²) in [7, 11) is 0. The van der Waals surface area contributed by atoms with Crippen molar-refractivity contribution in [2.75, 3.05) is 19.6 Å². The van der Waals surface area contributed by atoms with E-state index in [0.29, 0.717) is 23.8 Å². The first-order chi connectivity index (χ1) is 8.66. The summed E-state index contributed by atoms with van der Waals surface area (Å²) >= 11 is 0. The Bertz CT molecular complexity index is 272. The Balaban J connectivity index is 1.80. The molecular formula is C15H28N2O. The molecule has 1 aliphatic heterocycles. The molecule has 1 amide bonds. The summed E-state index contributed by atoms with van der Waals surface area (Å²) in [6.07, 6.45) is 7.22. The van der Waals surface area contributed by atoms with E-state index >= 15 is 0 Å². The fourth-order valence-electron chi connectivity index (χ4n) is 3.27. The first kappa shape index (κ1) is 13.9. The summed E-state index contributed by atoms with van der Waals surface area (Å²) in [4.78, 5) is 14.5. The van der Waals surface area contributed by atoms with Crippen molar-refractivity contribution in [2.24, 2.45) is 11.8 Å². The van der Waals surface area contributed by atoms with Crippen molar-refractivity contribution in [3.05, 3.63) is 0 Å². The molecule has 104 valence electrons. The highest BCUT2D eigenvalue weighted by Crippen LogP contribution is 2.28. The summed E-state index contributed by atoms with van der Waals surface area (Å²) in [5, 5.41) is 3.51. The zero-order valence-corrected chi connectivity index (χ0v) is 12.0. The number of rotatable bonds is 4. The van der Waals surface area contributed by atoms with E-state index in [9.17, 15) is 4.79 Å². The van der Waals surface area contributed by atoms with Gasteiger partial charge in [0.25, 0.3) is 0 Å². The van der Waals surface area contributed by atoms with Crippen LogP contribution in [0.2, 0.25) is 0 Å². The second-order valence-electron chi connectivity index (χ2n) is 6.34. The van der Waals surface area contributed by atoms with Gasteiger partial charge in [0, 0.05) is 25.0 Å². The summed E-state index contributed by atoms with van der Waals surface area (Å²) in [6, 6.07) is 0.547. The maximum Gasteiger partial charge on any atom is 0.225 e. The number of hydrogen-bond donors (Lipinski definition) is 1. The molecular weight excluding hydrogens is 224 g/mol. The lowest BCUT2D eigenvalue weighted by Gasteiger charge is -2.34. The lowest BCUT2D eigenvalue weighted by molar-refractivity contribution is -0.137. The summed E-state index contributed by atoms with van der Waals surface area (Å²) in [5.41, 5.74) is 0. The molecule has 1 atom stereocenters. The minimum Gasteiger partial charge on any atom is -0.342 e. The van der Waals surface area contributed by atoms with Crippen molar-refractivity contribution in [3.63, 3.8) is 0 Å². The quantitative estimate of drug-likeness (QED) is 0.833. The van der Waals surface area contributed by atoms with Crippen molar-refractivity contribution in [1.29, 1.82) is 0 Å². The Morgan fingerprint density at radius 2 is 1.94 bits per heavy atom. The van der Waals surface area contributed by atoms with Crippen molar-refractivity contribution >= 4 is 5.91 Å². The van der Waals surface area contributed by atoms with E-state index < -0.39 is 0 Å². The third kappa shape index (κ3) is 3.71. The zero-order chi connectivity index (χ0) is 13.0. The number of carbonyl (C=O) groups excluding carboxylic acids is 1. The lowest BCUT2D eigenvalue weighted by Crippen LogP contribution is -2.45. The van der Waals surface area contributed by atoms with Gasteiger partial charge in [-0.3, -0.25) is 4.79 Å². The molecule has 3 heteroatoms. The first-order valence-corrected chi connectivity index (χ1v) is 7.69. The van der Waals surface area contributed by atoms with Crippen LogP contribution >= 0.6 is 0 Å². The lowest BCUT2D eigenvalue weighted by atomic mass is 9.96. The Kier molecular flexibility index (Phi) is 5.04. The van der Waals surface area contributed by atoms with E-state index in [1.807, 2.05) is 0 Å². The largest absolute Gasteiger partial charge is 0.342 e. The Morgan fingerprint density at radius 1 is 1.22 bits per heavy atom. The maximum atomic E-state index is 12.4. The normalized spacial score (nSPS) is 25.9. The fraction of sp³-hybridized carbons (Fsp3) is 0.933. The highest BCUT2D eigenvalue weighted by molar-refractivity contribution is 5.79. The van der Waals surface area contributed by atoms with Crippen molar-refractivity contribution < 1.29 is 4.79 Å². The van der Waals surface area contributed by atoms with Crippen LogP contribution in [-0.2, 0) is 4.79 Å². The topological polar surface area (TPSA) is 32.3 Å². The van der Waals surface area contributed by atoms with Crippen LogP contribution in [0.1, 0.15) is 52.4 Å². The molecule has 0 aromatic heterocycles. The molecule has 1 aliphatic carbocycles. The number of carbonyl (C=O) groups is 1. The number of amides is 1. The molecule has 0 aromatic rings. The molecule has 2 aliphatic rings. The second kappa shape index (κ2) is 6.55. The highest BCUT2D eigenvalue weighted by atomic mass is 16.2. The van der Waals surface area contributed by atoms with Gasteiger partial charge in [0.1, 0.15) is 0 Å². The van der Waals surface area contributed by atoms with E-state index in [4.69, 9.17) is 0 Å².